The summed E-state index contributed by atoms with van der Waals surface area (Å²) in [5.74, 6) is 0. The molecule has 0 aliphatic carbocycles. The monoisotopic (exact) mass is 444 g/mol. The number of rotatable bonds is 2. The quantitative estimate of drug-likeness (QED) is 0.193. The lowest BCUT2D eigenvalue weighted by Gasteiger charge is -2.21. The molecule has 0 saturated carbocycles. The van der Waals surface area contributed by atoms with Crippen LogP contribution in [0.1, 0.15) is 11.1 Å². The van der Waals surface area contributed by atoms with E-state index in [4.69, 9.17) is 6.57 Å². The number of nitriles is 1. The van der Waals surface area contributed by atoms with Gasteiger partial charge in [0.1, 0.15) is 0 Å². The second-order valence-corrected chi connectivity index (χ2v) is 8.78. The first-order valence-electron chi connectivity index (χ1n) is 11.6. The Bertz CT molecular complexity index is 1880. The first kappa shape index (κ1) is 20.7. The molecule has 0 aromatic heterocycles. The summed E-state index contributed by atoms with van der Waals surface area (Å²) in [6.45, 7) is 9.74. The summed E-state index contributed by atoms with van der Waals surface area (Å²) >= 11 is 0. The van der Waals surface area contributed by atoms with E-state index < -0.39 is 0 Å². The molecule has 6 aromatic carbocycles. The molecule has 162 valence electrons. The Morgan fingerprint density at radius 3 is 1.80 bits per heavy atom. The molecule has 35 heavy (non-hydrogen) atoms. The zero-order chi connectivity index (χ0) is 23.9. The van der Waals surface area contributed by atoms with Crippen LogP contribution in [0.4, 0.5) is 5.69 Å². The van der Waals surface area contributed by atoms with Gasteiger partial charge in [0, 0.05) is 0 Å². The third-order valence-electron chi connectivity index (χ3n) is 6.84. The maximum atomic E-state index is 9.61. The van der Waals surface area contributed by atoms with Crippen LogP contribution in [-0.4, -0.2) is 0 Å². The molecule has 0 bridgehead atoms. The van der Waals surface area contributed by atoms with Gasteiger partial charge in [-0.3, -0.25) is 0 Å². The van der Waals surface area contributed by atoms with Crippen molar-refractivity contribution in [1.82, 2.24) is 0 Å². The van der Waals surface area contributed by atoms with Crippen LogP contribution in [0.2, 0.25) is 0 Å². The molecule has 6 rings (SSSR count). The van der Waals surface area contributed by atoms with E-state index in [1.165, 1.54) is 26.9 Å². The van der Waals surface area contributed by atoms with Crippen molar-refractivity contribution in [2.75, 3.05) is 0 Å². The highest BCUT2D eigenvalue weighted by Crippen LogP contribution is 2.47. The van der Waals surface area contributed by atoms with Gasteiger partial charge in [0.2, 0.25) is 5.69 Å². The van der Waals surface area contributed by atoms with E-state index in [0.29, 0.717) is 11.3 Å². The molecule has 0 aliphatic rings. The molecule has 0 unspecified atom stereocenters. The SMILES string of the molecule is [C-]#[N+]c1cc(-c2c(-c3cccc4ccccc34)c3ccccc3c3ccccc23)c(C)cc1C#N. The lowest BCUT2D eigenvalue weighted by molar-refractivity contribution is 1.43. The fraction of sp³-hybridized carbons (Fsp3) is 0.0303. The van der Waals surface area contributed by atoms with Crippen LogP contribution < -0.4 is 0 Å². The number of hydrogen-bond donors (Lipinski definition) is 0. The van der Waals surface area contributed by atoms with Crippen molar-refractivity contribution in [3.63, 3.8) is 0 Å². The highest BCUT2D eigenvalue weighted by Gasteiger charge is 2.21. The smallest absolute Gasteiger partial charge is 0.205 e. The summed E-state index contributed by atoms with van der Waals surface area (Å²) in [6.07, 6.45) is 0. The fourth-order valence-electron chi connectivity index (χ4n) is 5.29. The largest absolute Gasteiger partial charge is 0.237 e. The van der Waals surface area contributed by atoms with Crippen molar-refractivity contribution in [2.24, 2.45) is 0 Å². The molecular formula is C33H20N2. The van der Waals surface area contributed by atoms with Gasteiger partial charge in [0.25, 0.3) is 0 Å². The van der Waals surface area contributed by atoms with Gasteiger partial charge in [0.05, 0.1) is 18.2 Å². The predicted molar refractivity (Wildman–Crippen MR) is 146 cm³/mol. The molecule has 0 aliphatic heterocycles. The average Bonchev–Trinajstić information content (AvgIpc) is 2.92. The van der Waals surface area contributed by atoms with Crippen molar-refractivity contribution in [2.45, 2.75) is 6.92 Å². The van der Waals surface area contributed by atoms with Gasteiger partial charge in [-0.1, -0.05) is 97.1 Å². The van der Waals surface area contributed by atoms with Crippen LogP contribution in [0.25, 0.3) is 59.4 Å². The minimum Gasteiger partial charge on any atom is -0.237 e. The van der Waals surface area contributed by atoms with Crippen LogP contribution in [-0.2, 0) is 0 Å². The van der Waals surface area contributed by atoms with Crippen molar-refractivity contribution in [1.29, 1.82) is 5.26 Å². The van der Waals surface area contributed by atoms with E-state index in [1.807, 2.05) is 19.1 Å². The minimum absolute atomic E-state index is 0.384. The molecule has 0 spiro atoms. The standard InChI is InChI=1S/C33H20N2/c1-21-18-23(20-34)31(35-2)19-30(21)33-29-16-8-6-14-26(29)25-13-5-7-15-28(25)32(33)27-17-9-11-22-10-3-4-12-24(22)27/h3-19H,1H3. The lowest BCUT2D eigenvalue weighted by Crippen LogP contribution is -1.95. The van der Waals surface area contributed by atoms with Crippen molar-refractivity contribution in [3.05, 3.63) is 126 Å². The molecular weight excluding hydrogens is 424 g/mol. The van der Waals surface area contributed by atoms with Crippen LogP contribution in [0.5, 0.6) is 0 Å². The van der Waals surface area contributed by atoms with Gasteiger partial charge in [0.15, 0.2) is 0 Å². The van der Waals surface area contributed by atoms with Gasteiger partial charge in [-0.15, -0.1) is 0 Å². The first-order chi connectivity index (χ1) is 17.2. The van der Waals surface area contributed by atoms with Gasteiger partial charge in [-0.05, 0) is 73.1 Å². The van der Waals surface area contributed by atoms with Gasteiger partial charge < -0.3 is 0 Å². The van der Waals surface area contributed by atoms with E-state index in [2.05, 4.69) is 102 Å². The van der Waals surface area contributed by atoms with Gasteiger partial charge in [-0.25, -0.2) is 4.85 Å². The summed E-state index contributed by atoms with van der Waals surface area (Å²) in [5, 5.41) is 16.7. The molecule has 0 heterocycles. The summed E-state index contributed by atoms with van der Waals surface area (Å²) < 4.78 is 0. The molecule has 0 radical (unpaired) electrons. The van der Waals surface area contributed by atoms with Crippen LogP contribution in [0.3, 0.4) is 0 Å². The number of fused-ring (bicyclic) bond motifs is 4. The van der Waals surface area contributed by atoms with E-state index in [0.717, 1.165) is 33.2 Å². The van der Waals surface area contributed by atoms with E-state index in [9.17, 15) is 5.26 Å². The Kier molecular flexibility index (Phi) is 4.81. The average molecular weight is 445 g/mol. The minimum atomic E-state index is 0.384. The second-order valence-electron chi connectivity index (χ2n) is 8.78. The summed E-state index contributed by atoms with van der Waals surface area (Å²) in [7, 11) is 0. The Labute approximate surface area is 204 Å². The van der Waals surface area contributed by atoms with E-state index in [-0.39, 0.29) is 0 Å². The molecule has 0 saturated heterocycles. The molecule has 0 N–H and O–H groups in total. The number of aryl methyl sites for hydroxylation is 1. The third-order valence-corrected chi connectivity index (χ3v) is 6.84. The van der Waals surface area contributed by atoms with Crippen LogP contribution >= 0.6 is 0 Å². The van der Waals surface area contributed by atoms with Gasteiger partial charge in [-0.2, -0.15) is 5.26 Å². The zero-order valence-corrected chi connectivity index (χ0v) is 19.2. The van der Waals surface area contributed by atoms with Crippen molar-refractivity contribution < 1.29 is 0 Å². The molecule has 0 amide bonds. The Morgan fingerprint density at radius 1 is 0.629 bits per heavy atom. The Morgan fingerprint density at radius 2 is 1.17 bits per heavy atom. The fourth-order valence-corrected chi connectivity index (χ4v) is 5.29. The van der Waals surface area contributed by atoms with Crippen molar-refractivity contribution >= 4 is 38.0 Å². The predicted octanol–water partition coefficient (Wildman–Crippen LogP) is 9.21. The van der Waals surface area contributed by atoms with Crippen LogP contribution in [0.15, 0.2) is 103 Å². The third kappa shape index (κ3) is 3.17. The maximum Gasteiger partial charge on any atom is 0.205 e. The second kappa shape index (κ2) is 8.14. The molecule has 6 aromatic rings. The topological polar surface area (TPSA) is 28.1 Å². The highest BCUT2D eigenvalue weighted by atomic mass is 14.6. The van der Waals surface area contributed by atoms with Crippen molar-refractivity contribution in [3.8, 4) is 28.3 Å². The Hall–Kier alpha value is -4.92. The summed E-state index contributed by atoms with van der Waals surface area (Å²) in [5.41, 5.74) is 6.18. The maximum absolute atomic E-state index is 9.61. The first-order valence-corrected chi connectivity index (χ1v) is 11.6. The van der Waals surface area contributed by atoms with Gasteiger partial charge >= 0.3 is 0 Å². The van der Waals surface area contributed by atoms with E-state index >= 15 is 0 Å². The normalized spacial score (nSPS) is 10.9. The summed E-state index contributed by atoms with van der Waals surface area (Å²) in [4.78, 5) is 3.69. The zero-order valence-electron chi connectivity index (χ0n) is 19.2. The lowest BCUT2D eigenvalue weighted by atomic mass is 9.82. The molecule has 0 fully saturated rings. The molecule has 2 nitrogen and oxygen atoms in total. The number of hydrogen-bond acceptors (Lipinski definition) is 1. The number of benzene rings is 6. The van der Waals surface area contributed by atoms with E-state index in [1.54, 1.807) is 0 Å². The molecule has 2 heteroatoms. The Balaban J connectivity index is 1.89. The summed E-state index contributed by atoms with van der Waals surface area (Å²) in [6, 6.07) is 37.9. The highest BCUT2D eigenvalue weighted by molar-refractivity contribution is 6.23. The van der Waals surface area contributed by atoms with Crippen LogP contribution in [0, 0.1) is 24.8 Å². The number of nitrogens with zero attached hydrogens (tertiary/aromatic N) is 2. The molecule has 0 atom stereocenters.